The Bertz CT molecular complexity index is 1130. The van der Waals surface area contributed by atoms with Gasteiger partial charge in [0.25, 0.3) is 5.91 Å². The number of ether oxygens (including phenoxy) is 1. The van der Waals surface area contributed by atoms with E-state index in [9.17, 15) is 14.0 Å². The highest BCUT2D eigenvalue weighted by Gasteiger charge is 2.42. The molecule has 6 heteroatoms. The van der Waals surface area contributed by atoms with Gasteiger partial charge in [-0.05, 0) is 60.7 Å². The number of benzene rings is 2. The maximum Gasteiger partial charge on any atom is 0.254 e. The van der Waals surface area contributed by atoms with Crippen LogP contribution in [0.1, 0.15) is 45.1 Å². The summed E-state index contributed by atoms with van der Waals surface area (Å²) in [7, 11) is 1.60. The highest BCUT2D eigenvalue weighted by atomic mass is 19.1. The van der Waals surface area contributed by atoms with Crippen molar-refractivity contribution >= 4 is 17.4 Å². The fourth-order valence-corrected chi connectivity index (χ4v) is 4.60. The van der Waals surface area contributed by atoms with Gasteiger partial charge in [-0.3, -0.25) is 9.59 Å². The number of allylic oxidation sites excluding steroid dienone is 3. The van der Waals surface area contributed by atoms with Crippen molar-refractivity contribution in [3.8, 4) is 5.75 Å². The van der Waals surface area contributed by atoms with Crippen LogP contribution in [0.2, 0.25) is 0 Å². The van der Waals surface area contributed by atoms with Gasteiger partial charge in [-0.2, -0.15) is 0 Å². The van der Waals surface area contributed by atoms with E-state index >= 15 is 0 Å². The highest BCUT2D eigenvalue weighted by Crippen LogP contribution is 2.46. The van der Waals surface area contributed by atoms with Gasteiger partial charge in [0.2, 0.25) is 0 Å². The van der Waals surface area contributed by atoms with Crippen molar-refractivity contribution in [2.75, 3.05) is 12.4 Å². The number of hydrogen-bond donors (Lipinski definition) is 2. The van der Waals surface area contributed by atoms with Crippen molar-refractivity contribution in [3.05, 3.63) is 82.5 Å². The molecular weight excluding hydrogens is 407 g/mol. The maximum atomic E-state index is 13.4. The van der Waals surface area contributed by atoms with Crippen LogP contribution in [0.25, 0.3) is 0 Å². The molecule has 1 atom stereocenters. The number of rotatable bonds is 4. The van der Waals surface area contributed by atoms with Crippen LogP contribution in [0.5, 0.6) is 5.75 Å². The molecule has 1 aliphatic heterocycles. The number of methoxy groups -OCH3 is 1. The quantitative estimate of drug-likeness (QED) is 0.705. The Balaban J connectivity index is 1.79. The van der Waals surface area contributed by atoms with E-state index in [1.54, 1.807) is 7.11 Å². The van der Waals surface area contributed by atoms with Gasteiger partial charge in [-0.25, -0.2) is 4.39 Å². The van der Waals surface area contributed by atoms with Gasteiger partial charge in [0.05, 0.1) is 7.11 Å². The Hall–Kier alpha value is -3.41. The topological polar surface area (TPSA) is 67.4 Å². The minimum absolute atomic E-state index is 0.0455. The molecule has 0 bridgehead atoms. The van der Waals surface area contributed by atoms with Crippen molar-refractivity contribution in [3.63, 3.8) is 0 Å². The molecule has 5 nitrogen and oxygen atoms in total. The summed E-state index contributed by atoms with van der Waals surface area (Å²) in [5.74, 6) is -0.456. The van der Waals surface area contributed by atoms with Crippen molar-refractivity contribution in [1.29, 1.82) is 0 Å². The Kier molecular flexibility index (Phi) is 5.63. The van der Waals surface area contributed by atoms with E-state index in [4.69, 9.17) is 4.74 Å². The molecule has 32 heavy (non-hydrogen) atoms. The molecule has 0 saturated heterocycles. The van der Waals surface area contributed by atoms with Gasteiger partial charge in [0.1, 0.15) is 11.6 Å². The number of dihydropyridines is 1. The molecule has 1 amide bonds. The predicted molar refractivity (Wildman–Crippen MR) is 122 cm³/mol. The number of amides is 1. The van der Waals surface area contributed by atoms with Crippen molar-refractivity contribution < 1.29 is 18.7 Å². The summed E-state index contributed by atoms with van der Waals surface area (Å²) >= 11 is 0. The Morgan fingerprint density at radius 2 is 1.75 bits per heavy atom. The molecule has 4 rings (SSSR count). The zero-order valence-corrected chi connectivity index (χ0v) is 18.7. The molecule has 0 fully saturated rings. The van der Waals surface area contributed by atoms with Crippen LogP contribution in [0.4, 0.5) is 10.1 Å². The van der Waals surface area contributed by atoms with Crippen LogP contribution in [0, 0.1) is 11.2 Å². The molecule has 2 aromatic carbocycles. The van der Waals surface area contributed by atoms with Gasteiger partial charge in [-0.1, -0.05) is 26.0 Å². The first-order valence-corrected chi connectivity index (χ1v) is 10.6. The standard InChI is InChI=1S/C26H27FN2O3/c1-15-22(25(31)29-18-9-7-17(27)8-10-18)23(16-5-11-19(32-4)12-6-16)24-20(28-15)13-26(2,3)14-21(24)30/h5-12,23,28H,13-14H2,1-4H3,(H,29,31). The van der Waals surface area contributed by atoms with Gasteiger partial charge in [-0.15, -0.1) is 0 Å². The summed E-state index contributed by atoms with van der Waals surface area (Å²) in [4.78, 5) is 26.7. The summed E-state index contributed by atoms with van der Waals surface area (Å²) < 4.78 is 18.6. The Labute approximate surface area is 187 Å². The first kappa shape index (κ1) is 21.8. The van der Waals surface area contributed by atoms with Crippen LogP contribution in [0.15, 0.2) is 71.1 Å². The predicted octanol–water partition coefficient (Wildman–Crippen LogP) is 5.08. The number of anilines is 1. The molecule has 2 aromatic rings. The van der Waals surface area contributed by atoms with Gasteiger partial charge in [0, 0.05) is 40.6 Å². The van der Waals surface area contributed by atoms with E-state index in [0.717, 1.165) is 17.7 Å². The van der Waals surface area contributed by atoms with Crippen LogP contribution < -0.4 is 15.4 Å². The molecule has 166 valence electrons. The number of nitrogens with one attached hydrogen (secondary N) is 2. The van der Waals surface area contributed by atoms with E-state index in [-0.39, 0.29) is 22.9 Å². The Morgan fingerprint density at radius 3 is 2.38 bits per heavy atom. The monoisotopic (exact) mass is 434 g/mol. The van der Waals surface area contributed by atoms with E-state index in [0.29, 0.717) is 34.7 Å². The number of carbonyl (C=O) groups excluding carboxylic acids is 2. The normalized spacial score (nSPS) is 19.9. The van der Waals surface area contributed by atoms with Crippen molar-refractivity contribution in [2.24, 2.45) is 5.41 Å². The van der Waals surface area contributed by atoms with Gasteiger partial charge >= 0.3 is 0 Å². The lowest BCUT2D eigenvalue weighted by Gasteiger charge is -2.39. The summed E-state index contributed by atoms with van der Waals surface area (Å²) in [6.07, 6.45) is 1.15. The number of Topliss-reactive ketones (excluding diaryl/α,β-unsaturated/α-hetero) is 1. The minimum atomic E-state index is -0.499. The average Bonchev–Trinajstić information content (AvgIpc) is 2.73. The van der Waals surface area contributed by atoms with Crippen LogP contribution in [-0.4, -0.2) is 18.8 Å². The fraction of sp³-hybridized carbons (Fsp3) is 0.308. The lowest BCUT2D eigenvalue weighted by Crippen LogP contribution is -2.39. The zero-order valence-electron chi connectivity index (χ0n) is 18.7. The third-order valence-electron chi connectivity index (χ3n) is 6.04. The lowest BCUT2D eigenvalue weighted by atomic mass is 9.68. The average molecular weight is 435 g/mol. The second-order valence-corrected chi connectivity index (χ2v) is 9.16. The van der Waals surface area contributed by atoms with E-state index in [1.165, 1.54) is 24.3 Å². The summed E-state index contributed by atoms with van der Waals surface area (Å²) in [6, 6.07) is 13.1. The number of hydrogen-bond acceptors (Lipinski definition) is 4. The first-order valence-electron chi connectivity index (χ1n) is 10.6. The van der Waals surface area contributed by atoms with E-state index < -0.39 is 5.92 Å². The van der Waals surface area contributed by atoms with Crippen LogP contribution >= 0.6 is 0 Å². The summed E-state index contributed by atoms with van der Waals surface area (Å²) in [6.45, 7) is 6.01. The minimum Gasteiger partial charge on any atom is -0.497 e. The molecule has 1 heterocycles. The highest BCUT2D eigenvalue weighted by molar-refractivity contribution is 6.09. The second-order valence-electron chi connectivity index (χ2n) is 9.16. The van der Waals surface area contributed by atoms with Gasteiger partial charge in [0.15, 0.2) is 5.78 Å². The third-order valence-corrected chi connectivity index (χ3v) is 6.04. The summed E-state index contributed by atoms with van der Waals surface area (Å²) in [5.41, 5.74) is 3.88. The molecule has 0 saturated carbocycles. The lowest BCUT2D eigenvalue weighted by molar-refractivity contribution is -0.118. The number of carbonyl (C=O) groups is 2. The van der Waals surface area contributed by atoms with Crippen molar-refractivity contribution in [1.82, 2.24) is 5.32 Å². The third kappa shape index (κ3) is 4.17. The molecule has 2 aliphatic rings. The molecule has 1 unspecified atom stereocenters. The smallest absolute Gasteiger partial charge is 0.254 e. The maximum absolute atomic E-state index is 13.4. The molecular formula is C26H27FN2O3. The van der Waals surface area contributed by atoms with Crippen molar-refractivity contribution in [2.45, 2.75) is 39.5 Å². The van der Waals surface area contributed by atoms with Crippen LogP contribution in [-0.2, 0) is 9.59 Å². The second kappa shape index (κ2) is 8.26. The zero-order chi connectivity index (χ0) is 23.0. The molecule has 0 spiro atoms. The Morgan fingerprint density at radius 1 is 1.09 bits per heavy atom. The van der Waals surface area contributed by atoms with E-state index in [2.05, 4.69) is 24.5 Å². The molecule has 1 aliphatic carbocycles. The number of ketones is 1. The molecule has 2 N–H and O–H groups in total. The van der Waals surface area contributed by atoms with Crippen LogP contribution in [0.3, 0.4) is 0 Å². The molecule has 0 radical (unpaired) electrons. The number of halogens is 1. The van der Waals surface area contributed by atoms with E-state index in [1.807, 2.05) is 31.2 Å². The fourth-order valence-electron chi connectivity index (χ4n) is 4.60. The SMILES string of the molecule is COc1ccc(C2C(C(=O)Nc3ccc(F)cc3)=C(C)NC3=C2C(=O)CC(C)(C)C3)cc1. The summed E-state index contributed by atoms with van der Waals surface area (Å²) in [5, 5.41) is 6.20. The first-order chi connectivity index (χ1) is 15.2. The molecule has 0 aromatic heterocycles. The largest absolute Gasteiger partial charge is 0.497 e. The van der Waals surface area contributed by atoms with Gasteiger partial charge < -0.3 is 15.4 Å².